The molecule has 2 aromatic carbocycles. The molecular formula is C40H48IrN3O3-. The molecule has 6 nitrogen and oxygen atoms in total. The Hall–Kier alpha value is -3.67. The zero-order valence-corrected chi connectivity index (χ0v) is 31.6. The summed E-state index contributed by atoms with van der Waals surface area (Å²) in [6.07, 6.45) is 9.78. The molecule has 0 saturated carbocycles. The molecule has 0 unspecified atom stereocenters. The number of furan rings is 1. The van der Waals surface area contributed by atoms with E-state index in [0.29, 0.717) is 5.69 Å². The minimum atomic E-state index is -0.337. The Labute approximate surface area is 293 Å². The average Bonchev–Trinajstić information content (AvgIpc) is 3.56. The third kappa shape index (κ3) is 8.25. The van der Waals surface area contributed by atoms with Crippen molar-refractivity contribution in [2.45, 2.75) is 93.4 Å². The van der Waals surface area contributed by atoms with Gasteiger partial charge in [0.15, 0.2) is 11.4 Å². The van der Waals surface area contributed by atoms with Gasteiger partial charge >= 0.3 is 0 Å². The van der Waals surface area contributed by atoms with Crippen LogP contribution in [0.4, 0.5) is 0 Å². The Morgan fingerprint density at radius 1 is 0.851 bits per heavy atom. The maximum absolute atomic E-state index is 12.2. The summed E-state index contributed by atoms with van der Waals surface area (Å²) in [5, 5.41) is 13.4. The number of pyridine rings is 1. The molecule has 251 valence electrons. The maximum Gasteiger partial charge on any atom is 0.164 e. The smallest absolute Gasteiger partial charge is 0.164 e. The van der Waals surface area contributed by atoms with Crippen LogP contribution in [0.15, 0.2) is 83.6 Å². The Balaban J connectivity index is 0.000000290. The Bertz CT molecular complexity index is 1840. The van der Waals surface area contributed by atoms with Crippen molar-refractivity contribution >= 4 is 27.5 Å². The SMILES string of the molecule is CC(C)(C)c1cc(-c2cc(-c3nccc4ccoc34)ncn2)[c-]c2ccccc12.CCC(C)(CC)C(=O)/C=C(\O)C(C)(CC)CC.[Ir]. The Morgan fingerprint density at radius 3 is 2.13 bits per heavy atom. The van der Waals surface area contributed by atoms with Crippen molar-refractivity contribution in [3.8, 4) is 22.6 Å². The van der Waals surface area contributed by atoms with Crippen LogP contribution in [-0.2, 0) is 30.3 Å². The minimum absolute atomic E-state index is 0. The van der Waals surface area contributed by atoms with Crippen LogP contribution in [-0.4, -0.2) is 25.8 Å². The number of aromatic nitrogens is 3. The van der Waals surface area contributed by atoms with E-state index >= 15 is 0 Å². The van der Waals surface area contributed by atoms with Gasteiger partial charge in [-0.1, -0.05) is 91.5 Å². The van der Waals surface area contributed by atoms with Crippen LogP contribution >= 0.6 is 0 Å². The molecule has 0 spiro atoms. The average molecular weight is 811 g/mol. The van der Waals surface area contributed by atoms with Crippen LogP contribution in [0.1, 0.15) is 93.6 Å². The van der Waals surface area contributed by atoms with Gasteiger partial charge < -0.3 is 9.52 Å². The largest absolute Gasteiger partial charge is 0.512 e. The summed E-state index contributed by atoms with van der Waals surface area (Å²) < 4.78 is 5.64. The summed E-state index contributed by atoms with van der Waals surface area (Å²) in [6, 6.07) is 19.9. The van der Waals surface area contributed by atoms with Crippen molar-refractivity contribution in [1.29, 1.82) is 0 Å². The van der Waals surface area contributed by atoms with Gasteiger partial charge in [0.1, 0.15) is 17.8 Å². The summed E-state index contributed by atoms with van der Waals surface area (Å²) >= 11 is 0. The van der Waals surface area contributed by atoms with Crippen molar-refractivity contribution in [3.05, 3.63) is 90.8 Å². The molecule has 0 bridgehead atoms. The number of carbonyl (C=O) groups excluding carboxylic acids is 1. The van der Waals surface area contributed by atoms with E-state index in [0.717, 1.165) is 59.0 Å². The Morgan fingerprint density at radius 2 is 1.49 bits per heavy atom. The molecule has 3 aromatic heterocycles. The number of fused-ring (bicyclic) bond motifs is 2. The molecule has 7 heteroatoms. The van der Waals surface area contributed by atoms with Crippen LogP contribution in [0.25, 0.3) is 44.4 Å². The van der Waals surface area contributed by atoms with Gasteiger partial charge in [-0.25, -0.2) is 4.98 Å². The van der Waals surface area contributed by atoms with E-state index in [-0.39, 0.29) is 47.9 Å². The summed E-state index contributed by atoms with van der Waals surface area (Å²) in [5.41, 5.74) is 4.61. The van der Waals surface area contributed by atoms with Gasteiger partial charge in [-0.05, 0) is 49.3 Å². The van der Waals surface area contributed by atoms with Gasteiger partial charge in [-0.15, -0.1) is 29.1 Å². The third-order valence-corrected chi connectivity index (χ3v) is 9.74. The molecular weight excluding hydrogens is 763 g/mol. The number of aliphatic hydroxyl groups excluding tert-OH is 1. The first-order valence-corrected chi connectivity index (χ1v) is 16.4. The molecule has 1 N–H and O–H groups in total. The van der Waals surface area contributed by atoms with E-state index in [4.69, 9.17) is 4.42 Å². The third-order valence-electron chi connectivity index (χ3n) is 9.74. The van der Waals surface area contributed by atoms with E-state index in [1.54, 1.807) is 18.8 Å². The normalized spacial score (nSPS) is 12.4. The minimum Gasteiger partial charge on any atom is -0.512 e. The molecule has 5 aromatic rings. The topological polar surface area (TPSA) is 89.1 Å². The van der Waals surface area contributed by atoms with E-state index in [2.05, 4.69) is 66.1 Å². The first-order valence-electron chi connectivity index (χ1n) is 16.4. The molecule has 0 aliphatic rings. The van der Waals surface area contributed by atoms with Gasteiger partial charge in [0.25, 0.3) is 0 Å². The van der Waals surface area contributed by atoms with Gasteiger partial charge in [0.05, 0.1) is 12.0 Å². The van der Waals surface area contributed by atoms with E-state index in [1.807, 2.05) is 65.8 Å². The van der Waals surface area contributed by atoms with E-state index < -0.39 is 0 Å². The number of ketones is 1. The summed E-state index contributed by atoms with van der Waals surface area (Å²) in [7, 11) is 0. The molecule has 5 rings (SSSR count). The summed E-state index contributed by atoms with van der Waals surface area (Å²) in [5.74, 6) is 0.286. The number of hydrogen-bond acceptors (Lipinski definition) is 6. The van der Waals surface area contributed by atoms with Crippen molar-refractivity contribution in [3.63, 3.8) is 0 Å². The van der Waals surface area contributed by atoms with Crippen LogP contribution in [0.2, 0.25) is 0 Å². The van der Waals surface area contributed by atoms with Gasteiger partial charge in [0.2, 0.25) is 0 Å². The second kappa shape index (κ2) is 15.5. The molecule has 0 aliphatic heterocycles. The number of hydrogen-bond donors (Lipinski definition) is 1. The van der Waals surface area contributed by atoms with Crippen LogP contribution in [0, 0.1) is 16.9 Å². The number of carbonyl (C=O) groups is 1. The fourth-order valence-corrected chi connectivity index (χ4v) is 5.38. The summed E-state index contributed by atoms with van der Waals surface area (Å²) in [4.78, 5) is 25.7. The number of allylic oxidation sites excluding steroid dienone is 2. The molecule has 0 aliphatic carbocycles. The van der Waals surface area contributed by atoms with Crippen molar-refractivity contribution in [2.75, 3.05) is 0 Å². The van der Waals surface area contributed by atoms with Crippen LogP contribution in [0.3, 0.4) is 0 Å². The number of rotatable bonds is 9. The molecule has 1 radical (unpaired) electrons. The second-order valence-electron chi connectivity index (χ2n) is 13.6. The molecule has 0 amide bonds. The fraction of sp³-hybridized carbons (Fsp3) is 0.400. The van der Waals surface area contributed by atoms with Gasteiger partial charge in [-0.2, -0.15) is 0 Å². The molecule has 47 heavy (non-hydrogen) atoms. The number of aliphatic hydroxyl groups is 1. The summed E-state index contributed by atoms with van der Waals surface area (Å²) in [6.45, 7) is 18.8. The zero-order valence-electron chi connectivity index (χ0n) is 29.2. The first kappa shape index (κ1) is 37.8. The predicted octanol–water partition coefficient (Wildman–Crippen LogP) is 10.9. The van der Waals surface area contributed by atoms with E-state index in [1.165, 1.54) is 17.0 Å². The number of nitrogens with zero attached hydrogens (tertiary/aromatic N) is 3. The molecule has 0 fully saturated rings. The first-order chi connectivity index (χ1) is 21.8. The van der Waals surface area contributed by atoms with Gasteiger partial charge in [0, 0.05) is 54.3 Å². The standard InChI is InChI=1S/C25H20N3O.C15H28O2.Ir/c1-25(2,3)20-13-18(12-17-6-4-5-7-19(17)20)21-14-22(28-15-27-21)23-24-16(8-10-26-23)9-11-29-24;1-7-14(5,8-2)12(16)11-13(17)15(6,9-3)10-4;/h4-11,13-15H,1-3H3;11,16H,7-10H2,1-6H3;/q-1;;/b;12-11-;. The predicted molar refractivity (Wildman–Crippen MR) is 189 cm³/mol. The fourth-order valence-electron chi connectivity index (χ4n) is 5.38. The van der Waals surface area contributed by atoms with E-state index in [9.17, 15) is 9.90 Å². The van der Waals surface area contributed by atoms with Crippen molar-refractivity contribution in [1.82, 2.24) is 15.0 Å². The zero-order chi connectivity index (χ0) is 33.7. The molecule has 0 saturated heterocycles. The molecule has 3 heterocycles. The monoisotopic (exact) mass is 811 g/mol. The van der Waals surface area contributed by atoms with Crippen molar-refractivity contribution < 1.29 is 34.4 Å². The second-order valence-corrected chi connectivity index (χ2v) is 13.6. The number of benzene rings is 2. The van der Waals surface area contributed by atoms with Crippen LogP contribution in [0.5, 0.6) is 0 Å². The molecule has 0 atom stereocenters. The maximum atomic E-state index is 12.2. The van der Waals surface area contributed by atoms with Crippen LogP contribution < -0.4 is 0 Å². The van der Waals surface area contributed by atoms with Crippen molar-refractivity contribution in [2.24, 2.45) is 10.8 Å². The Kier molecular flexibility index (Phi) is 12.4. The quantitative estimate of drug-likeness (QED) is 0.0906. The van der Waals surface area contributed by atoms with Gasteiger partial charge in [-0.3, -0.25) is 14.8 Å².